The van der Waals surface area contributed by atoms with E-state index in [1.54, 1.807) is 0 Å². The maximum atomic E-state index is 10.1. The number of nitrogens with one attached hydrogen (secondary N) is 1. The quantitative estimate of drug-likeness (QED) is 0.661. The number of aromatic nitrogens is 1. The predicted octanol–water partition coefficient (Wildman–Crippen LogP) is 4.80. The molecule has 2 aliphatic heterocycles. The van der Waals surface area contributed by atoms with Crippen molar-refractivity contribution in [3.8, 4) is 11.1 Å². The van der Waals surface area contributed by atoms with Crippen molar-refractivity contribution >= 4 is 5.69 Å². The minimum absolute atomic E-state index is 0.414. The first-order chi connectivity index (χ1) is 14.8. The van der Waals surface area contributed by atoms with E-state index in [4.69, 9.17) is 0 Å². The number of likely N-dealkylation sites (tertiary alicyclic amines) is 1. The summed E-state index contributed by atoms with van der Waals surface area (Å²) in [6, 6.07) is 19.4. The molecule has 0 radical (unpaired) electrons. The summed E-state index contributed by atoms with van der Waals surface area (Å²) in [7, 11) is 0. The van der Waals surface area contributed by atoms with Gasteiger partial charge in [-0.15, -0.1) is 0 Å². The fourth-order valence-electron chi connectivity index (χ4n) is 4.90. The first-order valence-electron chi connectivity index (χ1n) is 11.0. The fraction of sp³-hybridized carbons (Fsp3) is 0.346. The summed E-state index contributed by atoms with van der Waals surface area (Å²) in [5.74, 6) is 0.558. The van der Waals surface area contributed by atoms with Crippen molar-refractivity contribution in [2.75, 3.05) is 18.4 Å². The molecule has 3 heterocycles. The van der Waals surface area contributed by atoms with Crippen LogP contribution in [-0.2, 0) is 13.0 Å². The lowest BCUT2D eigenvalue weighted by Crippen LogP contribution is -2.33. The van der Waals surface area contributed by atoms with Crippen LogP contribution in [0.1, 0.15) is 41.9 Å². The average Bonchev–Trinajstić information content (AvgIpc) is 2.80. The van der Waals surface area contributed by atoms with Crippen LogP contribution in [-0.4, -0.2) is 34.3 Å². The normalized spacial score (nSPS) is 19.8. The molecular formula is C26H29N3O. The maximum Gasteiger partial charge on any atom is 0.124 e. The van der Waals surface area contributed by atoms with Gasteiger partial charge in [0.25, 0.3) is 0 Å². The first-order valence-corrected chi connectivity index (χ1v) is 11.0. The number of hydrogen-bond donors (Lipinski definition) is 2. The molecule has 0 aliphatic carbocycles. The Morgan fingerprint density at radius 2 is 1.77 bits per heavy atom. The molecule has 3 aromatic rings. The van der Waals surface area contributed by atoms with Gasteiger partial charge in [-0.1, -0.05) is 48.5 Å². The van der Waals surface area contributed by atoms with Crippen LogP contribution in [0.25, 0.3) is 11.1 Å². The van der Waals surface area contributed by atoms with Crippen molar-refractivity contribution in [3.05, 3.63) is 83.7 Å². The molecule has 30 heavy (non-hydrogen) atoms. The molecule has 2 N–H and O–H groups in total. The zero-order valence-corrected chi connectivity index (χ0v) is 17.3. The van der Waals surface area contributed by atoms with Gasteiger partial charge in [0, 0.05) is 30.2 Å². The number of piperidine rings is 1. The van der Waals surface area contributed by atoms with Gasteiger partial charge in [-0.3, -0.25) is 9.88 Å². The lowest BCUT2D eigenvalue weighted by Gasteiger charge is -2.34. The smallest absolute Gasteiger partial charge is 0.124 e. The molecule has 4 heteroatoms. The van der Waals surface area contributed by atoms with Crippen LogP contribution < -0.4 is 5.32 Å². The number of fused-ring (bicyclic) bond motifs is 1. The second-order valence-corrected chi connectivity index (χ2v) is 8.58. The fourth-order valence-corrected chi connectivity index (χ4v) is 4.90. The van der Waals surface area contributed by atoms with Crippen LogP contribution in [0.2, 0.25) is 0 Å². The highest BCUT2D eigenvalue weighted by Gasteiger charge is 2.26. The molecular weight excluding hydrogens is 370 g/mol. The molecule has 1 fully saturated rings. The van der Waals surface area contributed by atoms with Crippen molar-refractivity contribution in [2.45, 2.75) is 44.4 Å². The molecule has 2 aliphatic rings. The zero-order chi connectivity index (χ0) is 20.3. The number of aryl methyl sites for hydroxylation is 1. The Morgan fingerprint density at radius 1 is 0.933 bits per heavy atom. The summed E-state index contributed by atoms with van der Waals surface area (Å²) < 4.78 is 0. The van der Waals surface area contributed by atoms with Crippen LogP contribution in [0.4, 0.5) is 5.69 Å². The summed E-state index contributed by atoms with van der Waals surface area (Å²) in [4.78, 5) is 7.03. The maximum absolute atomic E-state index is 10.1. The summed E-state index contributed by atoms with van der Waals surface area (Å²) in [5, 5.41) is 13.4. The van der Waals surface area contributed by atoms with Gasteiger partial charge in [0.1, 0.15) is 6.23 Å². The number of benzene rings is 2. The van der Waals surface area contributed by atoms with Crippen molar-refractivity contribution in [1.29, 1.82) is 0 Å². The molecule has 5 rings (SSSR count). The van der Waals surface area contributed by atoms with Gasteiger partial charge in [-0.25, -0.2) is 0 Å². The summed E-state index contributed by atoms with van der Waals surface area (Å²) >= 11 is 0. The van der Waals surface area contributed by atoms with Crippen molar-refractivity contribution in [1.82, 2.24) is 9.88 Å². The number of nitrogens with zero attached hydrogens (tertiary/aromatic N) is 2. The topological polar surface area (TPSA) is 48.4 Å². The van der Waals surface area contributed by atoms with Crippen LogP contribution >= 0.6 is 0 Å². The largest absolute Gasteiger partial charge is 0.374 e. The third kappa shape index (κ3) is 4.11. The van der Waals surface area contributed by atoms with Gasteiger partial charge in [0.05, 0.1) is 0 Å². The molecule has 1 saturated heterocycles. The van der Waals surface area contributed by atoms with E-state index in [0.29, 0.717) is 5.92 Å². The van der Waals surface area contributed by atoms with E-state index in [2.05, 4.69) is 63.7 Å². The van der Waals surface area contributed by atoms with E-state index >= 15 is 0 Å². The van der Waals surface area contributed by atoms with Crippen molar-refractivity contribution < 1.29 is 5.11 Å². The molecule has 1 aromatic heterocycles. The highest BCUT2D eigenvalue weighted by atomic mass is 16.3. The zero-order valence-electron chi connectivity index (χ0n) is 17.3. The molecule has 0 saturated carbocycles. The van der Waals surface area contributed by atoms with Gasteiger partial charge >= 0.3 is 0 Å². The number of anilines is 1. The summed E-state index contributed by atoms with van der Waals surface area (Å²) in [6.45, 7) is 3.13. The van der Waals surface area contributed by atoms with Gasteiger partial charge in [-0.05, 0) is 73.0 Å². The molecule has 1 atom stereocenters. The van der Waals surface area contributed by atoms with Crippen LogP contribution in [0.15, 0.2) is 67.0 Å². The number of para-hydroxylation sites is 1. The molecule has 0 bridgehead atoms. The van der Waals surface area contributed by atoms with E-state index in [1.165, 1.54) is 33.5 Å². The first kappa shape index (κ1) is 19.3. The van der Waals surface area contributed by atoms with E-state index in [9.17, 15) is 5.11 Å². The molecule has 0 spiro atoms. The minimum atomic E-state index is -0.414. The summed E-state index contributed by atoms with van der Waals surface area (Å²) in [5.41, 5.74) is 7.60. The van der Waals surface area contributed by atoms with E-state index in [1.807, 2.05) is 18.5 Å². The Kier molecular flexibility index (Phi) is 5.52. The molecule has 154 valence electrons. The van der Waals surface area contributed by atoms with Gasteiger partial charge in [0.2, 0.25) is 0 Å². The standard InChI is InChI=1S/C26H29N3O/c30-25-10-9-22-7-4-8-24(26(22)28-25)21-11-13-29(14-12-21)18-19-15-23(17-27-16-19)20-5-2-1-3-6-20/h1-8,15-17,21,25,28,30H,9-14,18H2. The number of pyridine rings is 1. The monoisotopic (exact) mass is 399 g/mol. The van der Waals surface area contributed by atoms with Crippen molar-refractivity contribution in [2.24, 2.45) is 0 Å². The SMILES string of the molecule is OC1CCc2cccc(C3CCN(Cc4cncc(-c5ccccc5)c4)CC3)c2N1. The Balaban J connectivity index is 1.25. The minimum Gasteiger partial charge on any atom is -0.374 e. The lowest BCUT2D eigenvalue weighted by atomic mass is 9.85. The van der Waals surface area contributed by atoms with E-state index in [-0.39, 0.29) is 0 Å². The second kappa shape index (κ2) is 8.58. The van der Waals surface area contributed by atoms with Crippen LogP contribution in [0.3, 0.4) is 0 Å². The number of aliphatic hydroxyl groups excluding tert-OH is 1. The number of rotatable bonds is 4. The lowest BCUT2D eigenvalue weighted by molar-refractivity contribution is 0.187. The second-order valence-electron chi connectivity index (χ2n) is 8.58. The van der Waals surface area contributed by atoms with Gasteiger partial charge in [-0.2, -0.15) is 0 Å². The van der Waals surface area contributed by atoms with Gasteiger partial charge < -0.3 is 10.4 Å². The third-order valence-corrected chi connectivity index (χ3v) is 6.52. The van der Waals surface area contributed by atoms with Crippen LogP contribution in [0, 0.1) is 0 Å². The Bertz CT molecular complexity index is 996. The third-order valence-electron chi connectivity index (χ3n) is 6.52. The Labute approximate surface area is 178 Å². The van der Waals surface area contributed by atoms with Crippen LogP contribution in [0.5, 0.6) is 0 Å². The number of hydrogen-bond acceptors (Lipinski definition) is 4. The Hall–Kier alpha value is -2.69. The molecule has 1 unspecified atom stereocenters. The van der Waals surface area contributed by atoms with Crippen molar-refractivity contribution in [3.63, 3.8) is 0 Å². The average molecular weight is 400 g/mol. The highest BCUT2D eigenvalue weighted by Crippen LogP contribution is 2.37. The highest BCUT2D eigenvalue weighted by molar-refractivity contribution is 5.63. The van der Waals surface area contributed by atoms with E-state index in [0.717, 1.165) is 45.3 Å². The molecule has 0 amide bonds. The number of aliphatic hydroxyl groups is 1. The predicted molar refractivity (Wildman–Crippen MR) is 121 cm³/mol. The Morgan fingerprint density at radius 3 is 2.60 bits per heavy atom. The van der Waals surface area contributed by atoms with Gasteiger partial charge in [0.15, 0.2) is 0 Å². The molecule has 2 aromatic carbocycles. The van der Waals surface area contributed by atoms with E-state index < -0.39 is 6.23 Å². The molecule has 4 nitrogen and oxygen atoms in total. The summed E-state index contributed by atoms with van der Waals surface area (Å²) in [6.07, 6.45) is 7.59.